The van der Waals surface area contributed by atoms with E-state index in [1.165, 1.54) is 12.1 Å². The van der Waals surface area contributed by atoms with E-state index >= 15 is 0 Å². The van der Waals surface area contributed by atoms with Crippen molar-refractivity contribution >= 4 is 0 Å². The summed E-state index contributed by atoms with van der Waals surface area (Å²) in [5.41, 5.74) is 0.948. The van der Waals surface area contributed by atoms with Gasteiger partial charge in [-0.05, 0) is 35.4 Å². The van der Waals surface area contributed by atoms with E-state index in [1.54, 1.807) is 20.3 Å². The van der Waals surface area contributed by atoms with Gasteiger partial charge in [0.05, 0.1) is 33.0 Å². The van der Waals surface area contributed by atoms with Crippen LogP contribution in [0.2, 0.25) is 0 Å². The van der Waals surface area contributed by atoms with Crippen LogP contribution in [0.1, 0.15) is 22.8 Å². The molecule has 1 aliphatic rings. The molecule has 0 radical (unpaired) electrons. The van der Waals surface area contributed by atoms with Crippen molar-refractivity contribution in [1.29, 1.82) is 0 Å². The SMILES string of the molecule is COc1cc(COC[C@@H]2O[C@H]2c2ccc(C(F)(F)F)cc2)cc(OC)c1. The van der Waals surface area contributed by atoms with Crippen LogP contribution in [-0.2, 0) is 22.3 Å². The minimum atomic E-state index is -4.33. The fourth-order valence-electron chi connectivity index (χ4n) is 2.67. The van der Waals surface area contributed by atoms with Crippen LogP contribution in [0.3, 0.4) is 0 Å². The Hall–Kier alpha value is -2.25. The van der Waals surface area contributed by atoms with E-state index in [1.807, 2.05) is 12.1 Å². The first-order valence-electron chi connectivity index (χ1n) is 8.03. The van der Waals surface area contributed by atoms with Gasteiger partial charge in [-0.3, -0.25) is 0 Å². The molecule has 7 heteroatoms. The third-order valence-electron chi connectivity index (χ3n) is 4.11. The Bertz CT molecular complexity index is 721. The maximum Gasteiger partial charge on any atom is 0.416 e. The van der Waals surface area contributed by atoms with Crippen molar-refractivity contribution in [3.8, 4) is 11.5 Å². The highest BCUT2D eigenvalue weighted by Gasteiger charge is 2.40. The number of hydrogen-bond acceptors (Lipinski definition) is 4. The lowest BCUT2D eigenvalue weighted by Gasteiger charge is -2.08. The van der Waals surface area contributed by atoms with E-state index < -0.39 is 11.7 Å². The molecule has 0 spiro atoms. The second kappa shape index (κ2) is 7.55. The number of methoxy groups -OCH3 is 2. The average Bonchev–Trinajstić information content (AvgIpc) is 3.40. The molecule has 0 amide bonds. The maximum atomic E-state index is 12.6. The van der Waals surface area contributed by atoms with Gasteiger partial charge in [-0.2, -0.15) is 13.2 Å². The first kappa shape index (κ1) is 18.5. The molecule has 1 heterocycles. The predicted molar refractivity (Wildman–Crippen MR) is 88.3 cm³/mol. The summed E-state index contributed by atoms with van der Waals surface area (Å²) in [5.74, 6) is 1.35. The van der Waals surface area contributed by atoms with Crippen LogP contribution in [0.4, 0.5) is 13.2 Å². The molecule has 0 aliphatic carbocycles. The summed E-state index contributed by atoms with van der Waals surface area (Å²) in [7, 11) is 3.15. The zero-order valence-electron chi connectivity index (χ0n) is 14.4. The topological polar surface area (TPSA) is 40.2 Å². The second-order valence-electron chi connectivity index (χ2n) is 5.95. The lowest BCUT2D eigenvalue weighted by Crippen LogP contribution is -2.05. The van der Waals surface area contributed by atoms with Gasteiger partial charge in [0.1, 0.15) is 23.7 Å². The summed E-state index contributed by atoms with van der Waals surface area (Å²) in [5, 5.41) is 0. The molecule has 1 saturated heterocycles. The van der Waals surface area contributed by atoms with Crippen molar-refractivity contribution in [3.05, 3.63) is 59.2 Å². The van der Waals surface area contributed by atoms with Crippen molar-refractivity contribution in [2.45, 2.75) is 25.0 Å². The normalized spacial score (nSPS) is 19.3. The number of hydrogen-bond donors (Lipinski definition) is 0. The van der Waals surface area contributed by atoms with Gasteiger partial charge < -0.3 is 18.9 Å². The van der Waals surface area contributed by atoms with Gasteiger partial charge >= 0.3 is 6.18 Å². The summed E-state index contributed by atoms with van der Waals surface area (Å²) in [6.07, 6.45) is -4.71. The van der Waals surface area contributed by atoms with Crippen molar-refractivity contribution in [3.63, 3.8) is 0 Å². The van der Waals surface area contributed by atoms with E-state index in [9.17, 15) is 13.2 Å². The van der Waals surface area contributed by atoms with Crippen LogP contribution >= 0.6 is 0 Å². The minimum Gasteiger partial charge on any atom is -0.497 e. The monoisotopic (exact) mass is 368 g/mol. The molecule has 26 heavy (non-hydrogen) atoms. The van der Waals surface area contributed by atoms with Crippen molar-refractivity contribution in [1.82, 2.24) is 0 Å². The summed E-state index contributed by atoms with van der Waals surface area (Å²) in [6.45, 7) is 0.707. The first-order chi connectivity index (χ1) is 12.4. The zero-order valence-corrected chi connectivity index (χ0v) is 14.4. The standard InChI is InChI=1S/C19H19F3O4/c1-23-15-7-12(8-16(9-15)24-2)10-25-11-17-18(26-17)13-3-5-14(6-4-13)19(20,21)22/h3-9,17-18H,10-11H2,1-2H3/t17-,18-/m0/s1. The quantitative estimate of drug-likeness (QED) is 0.680. The number of halogens is 3. The number of epoxide rings is 1. The third-order valence-corrected chi connectivity index (χ3v) is 4.11. The molecule has 0 aromatic heterocycles. The number of rotatable bonds is 7. The molecule has 4 nitrogen and oxygen atoms in total. The molecular formula is C19H19F3O4. The Kier molecular flexibility index (Phi) is 5.38. The maximum absolute atomic E-state index is 12.6. The molecule has 2 aromatic rings. The molecule has 0 N–H and O–H groups in total. The molecule has 1 fully saturated rings. The first-order valence-corrected chi connectivity index (χ1v) is 8.03. The van der Waals surface area contributed by atoms with E-state index in [0.717, 1.165) is 23.3 Å². The van der Waals surface area contributed by atoms with Gasteiger partial charge in [-0.25, -0.2) is 0 Å². The summed E-state index contributed by atoms with van der Waals surface area (Å²) in [4.78, 5) is 0. The van der Waals surface area contributed by atoms with Crippen LogP contribution in [-0.4, -0.2) is 26.9 Å². The van der Waals surface area contributed by atoms with Crippen molar-refractivity contribution in [2.75, 3.05) is 20.8 Å². The van der Waals surface area contributed by atoms with E-state index in [-0.39, 0.29) is 12.2 Å². The smallest absolute Gasteiger partial charge is 0.416 e. The van der Waals surface area contributed by atoms with E-state index in [0.29, 0.717) is 24.7 Å². The van der Waals surface area contributed by atoms with Crippen LogP contribution in [0, 0.1) is 0 Å². The fourth-order valence-corrected chi connectivity index (χ4v) is 2.67. The largest absolute Gasteiger partial charge is 0.497 e. The van der Waals surface area contributed by atoms with E-state index in [2.05, 4.69) is 0 Å². The molecule has 2 aromatic carbocycles. The summed E-state index contributed by atoms with van der Waals surface area (Å²) < 4.78 is 59.3. The Morgan fingerprint density at radius 2 is 1.58 bits per heavy atom. The van der Waals surface area contributed by atoms with Crippen molar-refractivity contribution in [2.24, 2.45) is 0 Å². The number of ether oxygens (including phenoxy) is 4. The van der Waals surface area contributed by atoms with Gasteiger partial charge in [0, 0.05) is 6.07 Å². The number of alkyl halides is 3. The molecule has 1 aliphatic heterocycles. The molecule has 140 valence electrons. The zero-order chi connectivity index (χ0) is 18.7. The Morgan fingerprint density at radius 3 is 2.12 bits per heavy atom. The van der Waals surface area contributed by atoms with E-state index in [4.69, 9.17) is 18.9 Å². The molecule has 0 unspecified atom stereocenters. The Balaban J connectivity index is 1.50. The Labute approximate surface area is 149 Å². The molecular weight excluding hydrogens is 349 g/mol. The lowest BCUT2D eigenvalue weighted by molar-refractivity contribution is -0.137. The minimum absolute atomic E-state index is 0.153. The van der Waals surface area contributed by atoms with Gasteiger partial charge in [0.15, 0.2) is 0 Å². The van der Waals surface area contributed by atoms with Gasteiger partial charge in [-0.1, -0.05) is 12.1 Å². The second-order valence-corrected chi connectivity index (χ2v) is 5.95. The average molecular weight is 368 g/mol. The highest BCUT2D eigenvalue weighted by molar-refractivity contribution is 5.38. The molecule has 0 bridgehead atoms. The number of benzene rings is 2. The molecule has 3 rings (SSSR count). The van der Waals surface area contributed by atoms with Crippen LogP contribution in [0.15, 0.2) is 42.5 Å². The van der Waals surface area contributed by atoms with Crippen molar-refractivity contribution < 1.29 is 32.1 Å². The summed E-state index contributed by atoms with van der Waals surface area (Å²) in [6, 6.07) is 10.5. The van der Waals surface area contributed by atoms with Gasteiger partial charge in [-0.15, -0.1) is 0 Å². The van der Waals surface area contributed by atoms with Crippen LogP contribution in [0.5, 0.6) is 11.5 Å². The lowest BCUT2D eigenvalue weighted by atomic mass is 10.1. The highest BCUT2D eigenvalue weighted by atomic mass is 19.4. The Morgan fingerprint density at radius 1 is 0.962 bits per heavy atom. The summed E-state index contributed by atoms with van der Waals surface area (Å²) >= 11 is 0. The fraction of sp³-hybridized carbons (Fsp3) is 0.368. The highest BCUT2D eigenvalue weighted by Crippen LogP contribution is 2.40. The van der Waals surface area contributed by atoms with Crippen LogP contribution < -0.4 is 9.47 Å². The van der Waals surface area contributed by atoms with Crippen LogP contribution in [0.25, 0.3) is 0 Å². The van der Waals surface area contributed by atoms with Gasteiger partial charge in [0.25, 0.3) is 0 Å². The molecule has 0 saturated carbocycles. The predicted octanol–water partition coefficient (Wildman–Crippen LogP) is 4.38. The molecule has 2 atom stereocenters. The third kappa shape index (κ3) is 4.47. The van der Waals surface area contributed by atoms with Gasteiger partial charge in [0.2, 0.25) is 0 Å².